The Morgan fingerprint density at radius 3 is 2.30 bits per heavy atom. The molecule has 0 radical (unpaired) electrons. The van der Waals surface area contributed by atoms with Crippen LogP contribution in [-0.4, -0.2) is 28.1 Å². The van der Waals surface area contributed by atoms with Crippen molar-refractivity contribution in [1.82, 2.24) is 20.3 Å². The predicted octanol–water partition coefficient (Wildman–Crippen LogP) is 1.97. The van der Waals surface area contributed by atoms with Crippen LogP contribution in [0.4, 0.5) is 0 Å². The number of pyridine rings is 1. The molecule has 1 N–H and O–H groups in total. The minimum absolute atomic E-state index is 0.458. The minimum atomic E-state index is 0.458. The van der Waals surface area contributed by atoms with E-state index in [1.165, 1.54) is 0 Å². The van der Waals surface area contributed by atoms with E-state index in [0.29, 0.717) is 18.3 Å². The van der Waals surface area contributed by atoms with Gasteiger partial charge in [0.25, 0.3) is 0 Å². The van der Waals surface area contributed by atoms with Crippen LogP contribution in [0.1, 0.15) is 30.8 Å². The van der Waals surface area contributed by atoms with Crippen LogP contribution in [0.2, 0.25) is 0 Å². The van der Waals surface area contributed by atoms with E-state index in [9.17, 15) is 0 Å². The normalized spacial score (nSPS) is 10.8. The van der Waals surface area contributed by atoms with Gasteiger partial charge in [-0.15, -0.1) is 0 Å². The molecule has 0 aliphatic heterocycles. The molecular weight excluding hydrogens is 252 g/mol. The lowest BCUT2D eigenvalue weighted by Gasteiger charge is -2.07. The third-order valence-corrected chi connectivity index (χ3v) is 2.84. The van der Waals surface area contributed by atoms with Gasteiger partial charge in [0.15, 0.2) is 0 Å². The van der Waals surface area contributed by atoms with Gasteiger partial charge >= 0.3 is 0 Å². The molecular formula is C15H20N4O. The van der Waals surface area contributed by atoms with Gasteiger partial charge in [0.05, 0.1) is 7.11 Å². The predicted molar refractivity (Wildman–Crippen MR) is 77.6 cm³/mol. The summed E-state index contributed by atoms with van der Waals surface area (Å²) in [5, 5.41) is 3.34. The highest BCUT2D eigenvalue weighted by Gasteiger charge is 2.02. The maximum Gasteiger partial charge on any atom is 0.212 e. The molecule has 0 aliphatic carbocycles. The van der Waals surface area contributed by atoms with Crippen molar-refractivity contribution in [2.75, 3.05) is 7.11 Å². The van der Waals surface area contributed by atoms with Crippen LogP contribution >= 0.6 is 0 Å². The van der Waals surface area contributed by atoms with Crippen molar-refractivity contribution in [3.8, 4) is 5.88 Å². The fraction of sp³-hybridized carbons (Fsp3) is 0.400. The molecule has 106 valence electrons. The molecule has 0 bridgehead atoms. The van der Waals surface area contributed by atoms with Crippen LogP contribution < -0.4 is 10.1 Å². The molecule has 20 heavy (non-hydrogen) atoms. The van der Waals surface area contributed by atoms with Crippen LogP contribution in [0.3, 0.4) is 0 Å². The second kappa shape index (κ2) is 6.96. The molecule has 0 aliphatic rings. The summed E-state index contributed by atoms with van der Waals surface area (Å²) in [4.78, 5) is 12.9. The standard InChI is InChI=1S/C15H20N4O/c1-11(2)16-8-13-9-17-14(18-10-13)6-12-4-5-15(20-3)19-7-12/h4-5,7,9-11,16H,6,8H2,1-3H3. The molecule has 0 amide bonds. The average molecular weight is 272 g/mol. The maximum atomic E-state index is 5.03. The van der Waals surface area contributed by atoms with Gasteiger partial charge in [0.1, 0.15) is 5.82 Å². The van der Waals surface area contributed by atoms with Crippen LogP contribution in [0, 0.1) is 0 Å². The highest BCUT2D eigenvalue weighted by molar-refractivity contribution is 5.21. The first kappa shape index (κ1) is 14.4. The van der Waals surface area contributed by atoms with Gasteiger partial charge in [-0.3, -0.25) is 0 Å². The first-order chi connectivity index (χ1) is 9.67. The molecule has 0 saturated carbocycles. The Balaban J connectivity index is 1.95. The van der Waals surface area contributed by atoms with Crippen molar-refractivity contribution in [3.63, 3.8) is 0 Å². The van der Waals surface area contributed by atoms with Gasteiger partial charge in [0.2, 0.25) is 5.88 Å². The second-order valence-electron chi connectivity index (χ2n) is 4.93. The highest BCUT2D eigenvalue weighted by Crippen LogP contribution is 2.09. The van der Waals surface area contributed by atoms with E-state index in [2.05, 4.69) is 34.1 Å². The number of hydrogen-bond acceptors (Lipinski definition) is 5. The molecule has 2 aromatic heterocycles. The van der Waals surface area contributed by atoms with E-state index in [1.54, 1.807) is 13.3 Å². The molecule has 0 fully saturated rings. The zero-order valence-corrected chi connectivity index (χ0v) is 12.1. The quantitative estimate of drug-likeness (QED) is 0.871. The zero-order chi connectivity index (χ0) is 14.4. The van der Waals surface area contributed by atoms with E-state index >= 15 is 0 Å². The van der Waals surface area contributed by atoms with Gasteiger partial charge in [-0.05, 0) is 5.56 Å². The van der Waals surface area contributed by atoms with E-state index in [4.69, 9.17) is 4.74 Å². The zero-order valence-electron chi connectivity index (χ0n) is 12.1. The Morgan fingerprint density at radius 1 is 1.05 bits per heavy atom. The van der Waals surface area contributed by atoms with E-state index in [1.807, 2.05) is 24.5 Å². The number of methoxy groups -OCH3 is 1. The summed E-state index contributed by atoms with van der Waals surface area (Å²) in [5.74, 6) is 1.41. The summed E-state index contributed by atoms with van der Waals surface area (Å²) < 4.78 is 5.03. The third-order valence-electron chi connectivity index (χ3n) is 2.84. The minimum Gasteiger partial charge on any atom is -0.481 e. The molecule has 0 saturated heterocycles. The molecule has 5 nitrogen and oxygen atoms in total. The molecule has 0 unspecified atom stereocenters. The van der Waals surface area contributed by atoms with Crippen molar-refractivity contribution in [2.24, 2.45) is 0 Å². The van der Waals surface area contributed by atoms with Crippen LogP contribution in [0.15, 0.2) is 30.7 Å². The van der Waals surface area contributed by atoms with Crippen molar-refractivity contribution >= 4 is 0 Å². The summed E-state index contributed by atoms with van der Waals surface area (Å²) in [6, 6.07) is 4.28. The summed E-state index contributed by atoms with van der Waals surface area (Å²) >= 11 is 0. The lowest BCUT2D eigenvalue weighted by Crippen LogP contribution is -2.22. The van der Waals surface area contributed by atoms with Crippen LogP contribution in [-0.2, 0) is 13.0 Å². The Bertz CT molecular complexity index is 523. The monoisotopic (exact) mass is 272 g/mol. The SMILES string of the molecule is COc1ccc(Cc2ncc(CNC(C)C)cn2)cn1. The first-order valence-corrected chi connectivity index (χ1v) is 6.69. The van der Waals surface area contributed by atoms with Crippen LogP contribution in [0.5, 0.6) is 5.88 Å². The highest BCUT2D eigenvalue weighted by atomic mass is 16.5. The molecule has 0 atom stereocenters. The topological polar surface area (TPSA) is 59.9 Å². The molecule has 0 spiro atoms. The number of rotatable bonds is 6. The summed E-state index contributed by atoms with van der Waals surface area (Å²) in [6.07, 6.45) is 6.20. The van der Waals surface area contributed by atoms with Gasteiger partial charge < -0.3 is 10.1 Å². The largest absolute Gasteiger partial charge is 0.481 e. The number of nitrogens with one attached hydrogen (secondary N) is 1. The number of hydrogen-bond donors (Lipinski definition) is 1. The van der Waals surface area contributed by atoms with Gasteiger partial charge in [-0.25, -0.2) is 15.0 Å². The maximum absolute atomic E-state index is 5.03. The molecule has 2 rings (SSSR count). The lowest BCUT2D eigenvalue weighted by molar-refractivity contribution is 0.397. The Morgan fingerprint density at radius 2 is 1.75 bits per heavy atom. The molecule has 2 heterocycles. The van der Waals surface area contributed by atoms with Crippen molar-refractivity contribution in [1.29, 1.82) is 0 Å². The summed E-state index contributed by atoms with van der Waals surface area (Å²) in [5.41, 5.74) is 2.16. The van der Waals surface area contributed by atoms with E-state index in [-0.39, 0.29) is 0 Å². The Kier molecular flexibility index (Phi) is 5.01. The Hall–Kier alpha value is -2.01. The third kappa shape index (κ3) is 4.28. The van der Waals surface area contributed by atoms with Crippen molar-refractivity contribution < 1.29 is 4.74 Å². The fourth-order valence-electron chi connectivity index (χ4n) is 1.70. The number of nitrogens with zero attached hydrogens (tertiary/aromatic N) is 3. The van der Waals surface area contributed by atoms with Crippen molar-refractivity contribution in [2.45, 2.75) is 32.9 Å². The van der Waals surface area contributed by atoms with Crippen molar-refractivity contribution in [3.05, 3.63) is 47.7 Å². The van der Waals surface area contributed by atoms with Gasteiger partial charge in [-0.1, -0.05) is 19.9 Å². The number of ether oxygens (including phenoxy) is 1. The lowest BCUT2D eigenvalue weighted by atomic mass is 10.2. The molecule has 5 heteroatoms. The summed E-state index contributed by atoms with van der Waals surface area (Å²) in [7, 11) is 1.61. The Labute approximate surface area is 119 Å². The van der Waals surface area contributed by atoms with E-state index in [0.717, 1.165) is 23.5 Å². The van der Waals surface area contributed by atoms with Crippen LogP contribution in [0.25, 0.3) is 0 Å². The molecule has 0 aromatic carbocycles. The number of aromatic nitrogens is 3. The first-order valence-electron chi connectivity index (χ1n) is 6.69. The van der Waals surface area contributed by atoms with Gasteiger partial charge in [0, 0.05) is 49.2 Å². The smallest absolute Gasteiger partial charge is 0.212 e. The second-order valence-corrected chi connectivity index (χ2v) is 4.93. The average Bonchev–Trinajstić information content (AvgIpc) is 2.47. The fourth-order valence-corrected chi connectivity index (χ4v) is 1.70. The summed E-state index contributed by atoms with van der Waals surface area (Å²) in [6.45, 7) is 5.03. The van der Waals surface area contributed by atoms with E-state index < -0.39 is 0 Å². The molecule has 2 aromatic rings. The van der Waals surface area contributed by atoms with Gasteiger partial charge in [-0.2, -0.15) is 0 Å².